The smallest absolute Gasteiger partial charge is 0.248 e. The number of hydrogen-bond acceptors (Lipinski definition) is 4. The molecule has 0 aliphatic rings. The molecule has 1 atom stereocenters. The minimum absolute atomic E-state index is 0.345. The molecule has 0 aliphatic carbocycles. The molecule has 0 heterocycles. The van der Waals surface area contributed by atoms with Gasteiger partial charge in [-0.15, -0.1) is 11.8 Å². The molecule has 174 valence electrons. The lowest BCUT2D eigenvalue weighted by atomic mass is 10.1. The number of aryl methyl sites for hydroxylation is 2. The average molecular weight is 483 g/mol. The zero-order valence-corrected chi connectivity index (χ0v) is 21.0. The van der Waals surface area contributed by atoms with Gasteiger partial charge in [0.05, 0.1) is 11.9 Å². The Morgan fingerprint density at radius 3 is 2.24 bits per heavy atom. The Morgan fingerprint density at radius 1 is 1.00 bits per heavy atom. The summed E-state index contributed by atoms with van der Waals surface area (Å²) >= 11 is 1.76. The van der Waals surface area contributed by atoms with Crippen molar-refractivity contribution in [3.8, 4) is 0 Å². The summed E-state index contributed by atoms with van der Waals surface area (Å²) < 4.78 is 26.4. The summed E-state index contributed by atoms with van der Waals surface area (Å²) in [7, 11) is -3.66. The lowest BCUT2D eigenvalue weighted by molar-refractivity contribution is -0.117. The number of sulfonamides is 1. The zero-order chi connectivity index (χ0) is 24.0. The molecule has 5 nitrogen and oxygen atoms in total. The van der Waals surface area contributed by atoms with Gasteiger partial charge >= 0.3 is 0 Å². The Hall–Kier alpha value is -2.77. The largest absolute Gasteiger partial charge is 0.324 e. The minimum Gasteiger partial charge on any atom is -0.324 e. The second kappa shape index (κ2) is 10.9. The molecular formula is C26H30N2O3S2. The van der Waals surface area contributed by atoms with Crippen LogP contribution < -0.4 is 9.62 Å². The Bertz CT molecular complexity index is 1190. The molecule has 0 spiro atoms. The van der Waals surface area contributed by atoms with Crippen molar-refractivity contribution in [2.45, 2.75) is 43.9 Å². The Morgan fingerprint density at radius 2 is 1.67 bits per heavy atom. The first-order valence-corrected chi connectivity index (χ1v) is 13.7. The molecule has 33 heavy (non-hydrogen) atoms. The molecule has 3 aromatic rings. The molecule has 3 rings (SSSR count). The summed E-state index contributed by atoms with van der Waals surface area (Å²) in [6.07, 6.45) is 1.48. The topological polar surface area (TPSA) is 66.5 Å². The molecule has 0 bridgehead atoms. The standard InChI is InChI=1S/C26H30N2O3S2/c1-5-25(28(33(4,30)31)22-14-11-19(2)12-15-22)26(29)27-24-16-13-21(17-20(24)3)18-32-23-9-7-6-8-10-23/h6-17,25H,5,18H2,1-4H3,(H,27,29)/t25-/m1/s1. The lowest BCUT2D eigenvalue weighted by Gasteiger charge is -2.30. The summed E-state index contributed by atoms with van der Waals surface area (Å²) in [6.45, 7) is 5.69. The number of nitrogens with zero attached hydrogens (tertiary/aromatic N) is 1. The fourth-order valence-corrected chi connectivity index (χ4v) is 5.68. The number of carbonyl (C=O) groups is 1. The van der Waals surface area contributed by atoms with E-state index in [4.69, 9.17) is 0 Å². The first-order valence-electron chi connectivity index (χ1n) is 10.8. The first kappa shape index (κ1) is 24.9. The van der Waals surface area contributed by atoms with Gasteiger partial charge in [0.15, 0.2) is 0 Å². The van der Waals surface area contributed by atoms with Gasteiger partial charge in [-0.05, 0) is 61.7 Å². The van der Waals surface area contributed by atoms with Crippen molar-refractivity contribution in [1.29, 1.82) is 0 Å². The van der Waals surface area contributed by atoms with E-state index in [0.29, 0.717) is 17.8 Å². The highest BCUT2D eigenvalue weighted by Gasteiger charge is 2.31. The van der Waals surface area contributed by atoms with Gasteiger partial charge in [-0.3, -0.25) is 9.10 Å². The van der Waals surface area contributed by atoms with E-state index in [9.17, 15) is 13.2 Å². The van der Waals surface area contributed by atoms with Crippen LogP contribution in [0.3, 0.4) is 0 Å². The predicted octanol–water partition coefficient (Wildman–Crippen LogP) is 5.78. The van der Waals surface area contributed by atoms with Crippen LogP contribution in [-0.2, 0) is 20.6 Å². The summed E-state index contributed by atoms with van der Waals surface area (Å²) in [6, 6.07) is 22.4. The molecule has 7 heteroatoms. The third kappa shape index (κ3) is 6.62. The number of amides is 1. The van der Waals surface area contributed by atoms with E-state index >= 15 is 0 Å². The molecule has 0 radical (unpaired) electrons. The Balaban J connectivity index is 1.76. The van der Waals surface area contributed by atoms with Gasteiger partial charge in [0, 0.05) is 16.3 Å². The highest BCUT2D eigenvalue weighted by molar-refractivity contribution is 7.98. The maximum absolute atomic E-state index is 13.2. The highest BCUT2D eigenvalue weighted by Crippen LogP contribution is 2.27. The molecule has 3 aromatic carbocycles. The van der Waals surface area contributed by atoms with Crippen LogP contribution in [0.5, 0.6) is 0 Å². The fourth-order valence-electron chi connectivity index (χ4n) is 3.61. The van der Waals surface area contributed by atoms with Crippen LogP contribution in [0.4, 0.5) is 11.4 Å². The number of benzene rings is 3. The van der Waals surface area contributed by atoms with Gasteiger partial charge in [0.1, 0.15) is 6.04 Å². The molecule has 1 amide bonds. The van der Waals surface area contributed by atoms with Crippen LogP contribution in [0.2, 0.25) is 0 Å². The van der Waals surface area contributed by atoms with Crippen LogP contribution in [0.1, 0.15) is 30.0 Å². The quantitative estimate of drug-likeness (QED) is 0.393. The van der Waals surface area contributed by atoms with Crippen molar-refractivity contribution in [1.82, 2.24) is 0 Å². The SMILES string of the molecule is CC[C@H](C(=O)Nc1ccc(CSc2ccccc2)cc1C)N(c1ccc(C)cc1)S(C)(=O)=O. The molecule has 1 N–H and O–H groups in total. The van der Waals surface area contributed by atoms with Crippen molar-refractivity contribution in [3.63, 3.8) is 0 Å². The average Bonchev–Trinajstić information content (AvgIpc) is 2.78. The Labute approximate surface area is 201 Å². The molecule has 0 saturated heterocycles. The van der Waals surface area contributed by atoms with E-state index in [1.54, 1.807) is 23.9 Å². The summed E-state index contributed by atoms with van der Waals surface area (Å²) in [5.41, 5.74) is 4.28. The van der Waals surface area contributed by atoms with Crippen LogP contribution >= 0.6 is 11.8 Å². The van der Waals surface area contributed by atoms with E-state index in [0.717, 1.165) is 28.7 Å². The van der Waals surface area contributed by atoms with Crippen LogP contribution in [0, 0.1) is 13.8 Å². The van der Waals surface area contributed by atoms with Gasteiger partial charge < -0.3 is 5.32 Å². The first-order chi connectivity index (χ1) is 15.7. The van der Waals surface area contributed by atoms with Crippen LogP contribution in [0.25, 0.3) is 0 Å². The van der Waals surface area contributed by atoms with Crippen molar-refractivity contribution in [3.05, 3.63) is 89.5 Å². The second-order valence-electron chi connectivity index (χ2n) is 8.06. The normalized spacial score (nSPS) is 12.2. The van der Waals surface area contributed by atoms with Crippen molar-refractivity contribution in [2.75, 3.05) is 15.9 Å². The summed E-state index contributed by atoms with van der Waals surface area (Å²) in [5.74, 6) is 0.476. The zero-order valence-electron chi connectivity index (χ0n) is 19.4. The maximum Gasteiger partial charge on any atom is 0.248 e. The van der Waals surface area contributed by atoms with Crippen LogP contribution in [-0.4, -0.2) is 26.6 Å². The van der Waals surface area contributed by atoms with Gasteiger partial charge in [-0.1, -0.05) is 55.0 Å². The minimum atomic E-state index is -3.66. The fraction of sp³-hybridized carbons (Fsp3) is 0.269. The molecule has 0 fully saturated rings. The van der Waals surface area contributed by atoms with Crippen molar-refractivity contribution >= 4 is 39.1 Å². The van der Waals surface area contributed by atoms with Gasteiger partial charge in [-0.25, -0.2) is 8.42 Å². The van der Waals surface area contributed by atoms with E-state index < -0.39 is 16.1 Å². The van der Waals surface area contributed by atoms with Crippen molar-refractivity contribution < 1.29 is 13.2 Å². The third-order valence-electron chi connectivity index (χ3n) is 5.32. The van der Waals surface area contributed by atoms with Crippen molar-refractivity contribution in [2.24, 2.45) is 0 Å². The van der Waals surface area contributed by atoms with E-state index in [1.165, 1.54) is 9.20 Å². The van der Waals surface area contributed by atoms with Gasteiger partial charge in [-0.2, -0.15) is 0 Å². The lowest BCUT2D eigenvalue weighted by Crippen LogP contribution is -2.47. The van der Waals surface area contributed by atoms with Gasteiger partial charge in [0.25, 0.3) is 0 Å². The van der Waals surface area contributed by atoms with E-state index in [1.807, 2.05) is 63.2 Å². The number of rotatable bonds is 9. The number of hydrogen-bond donors (Lipinski definition) is 1. The molecular weight excluding hydrogens is 452 g/mol. The van der Waals surface area contributed by atoms with E-state index in [-0.39, 0.29) is 5.91 Å². The summed E-state index contributed by atoms with van der Waals surface area (Å²) in [4.78, 5) is 14.4. The third-order valence-corrected chi connectivity index (χ3v) is 7.58. The van der Waals surface area contributed by atoms with E-state index in [2.05, 4.69) is 23.5 Å². The highest BCUT2D eigenvalue weighted by atomic mass is 32.2. The predicted molar refractivity (Wildman–Crippen MR) is 138 cm³/mol. The number of thioether (sulfide) groups is 1. The molecule has 0 saturated carbocycles. The Kier molecular flexibility index (Phi) is 8.21. The monoisotopic (exact) mass is 482 g/mol. The molecule has 0 unspecified atom stereocenters. The second-order valence-corrected chi connectivity index (χ2v) is 11.0. The van der Waals surface area contributed by atoms with Crippen LogP contribution in [0.15, 0.2) is 77.7 Å². The summed E-state index contributed by atoms with van der Waals surface area (Å²) in [5, 5.41) is 2.94. The number of nitrogens with one attached hydrogen (secondary N) is 1. The maximum atomic E-state index is 13.2. The molecule has 0 aromatic heterocycles. The number of anilines is 2. The molecule has 0 aliphatic heterocycles. The number of carbonyl (C=O) groups excluding carboxylic acids is 1. The van der Waals surface area contributed by atoms with Gasteiger partial charge in [0.2, 0.25) is 15.9 Å².